The molecule has 3 heterocycles. The van der Waals surface area contributed by atoms with Crippen LogP contribution in [0.4, 0.5) is 17.1 Å². The highest BCUT2D eigenvalue weighted by Crippen LogP contribution is 2.28. The molecule has 0 spiro atoms. The van der Waals surface area contributed by atoms with Crippen molar-refractivity contribution in [3.8, 4) is 0 Å². The number of nitro benzene ring substituents is 1. The predicted molar refractivity (Wildman–Crippen MR) is 106 cm³/mol. The maximum Gasteiger partial charge on any atom is 0.282 e. The lowest BCUT2D eigenvalue weighted by molar-refractivity contribution is -0.385. The Bertz CT molecular complexity index is 965. The molecule has 0 bridgehead atoms. The van der Waals surface area contributed by atoms with Crippen molar-refractivity contribution in [1.29, 1.82) is 0 Å². The smallest absolute Gasteiger partial charge is 0.282 e. The summed E-state index contributed by atoms with van der Waals surface area (Å²) >= 11 is 0. The highest BCUT2D eigenvalue weighted by Gasteiger charge is 2.34. The quantitative estimate of drug-likeness (QED) is 0.607. The summed E-state index contributed by atoms with van der Waals surface area (Å²) in [5, 5.41) is 18.6. The van der Waals surface area contributed by atoms with Crippen molar-refractivity contribution in [3.63, 3.8) is 0 Å². The molecule has 0 radical (unpaired) electrons. The van der Waals surface area contributed by atoms with E-state index in [4.69, 9.17) is 0 Å². The van der Waals surface area contributed by atoms with Crippen molar-refractivity contribution >= 4 is 28.9 Å². The number of aromatic nitrogens is 2. The van der Waals surface area contributed by atoms with Gasteiger partial charge in [0.1, 0.15) is 11.6 Å². The van der Waals surface area contributed by atoms with E-state index in [2.05, 4.69) is 10.4 Å². The van der Waals surface area contributed by atoms with E-state index in [0.717, 1.165) is 18.5 Å². The van der Waals surface area contributed by atoms with Crippen LogP contribution in [0.25, 0.3) is 0 Å². The summed E-state index contributed by atoms with van der Waals surface area (Å²) < 4.78 is 1.63. The van der Waals surface area contributed by atoms with Gasteiger partial charge in [-0.2, -0.15) is 5.10 Å². The van der Waals surface area contributed by atoms with E-state index in [1.807, 2.05) is 0 Å². The molecule has 10 heteroatoms. The molecule has 1 aromatic carbocycles. The fourth-order valence-corrected chi connectivity index (χ4v) is 3.87. The molecule has 4 rings (SSSR count). The van der Waals surface area contributed by atoms with Gasteiger partial charge in [-0.3, -0.25) is 24.4 Å². The summed E-state index contributed by atoms with van der Waals surface area (Å²) in [4.78, 5) is 39.7. The van der Waals surface area contributed by atoms with Crippen molar-refractivity contribution < 1.29 is 14.5 Å². The number of aryl methyl sites for hydroxylation is 1. The van der Waals surface area contributed by atoms with E-state index < -0.39 is 11.0 Å². The van der Waals surface area contributed by atoms with E-state index in [0.29, 0.717) is 31.7 Å². The molecule has 2 aliphatic rings. The standard InChI is InChI=1S/C19H22N6O4/c1-22-12-14(11-20-22)24-9-6-16(19(24)27)21-13-4-5-17(25(28)29)15(10-13)18(26)23-7-2-3-8-23/h4-5,10-12,16,21H,2-3,6-9H2,1H3. The SMILES string of the molecule is Cn1cc(N2CCC(Nc3ccc([N+](=O)[O-])c(C(=O)N4CCCC4)c3)C2=O)cn1. The van der Waals surface area contributed by atoms with Crippen LogP contribution in [0, 0.1) is 10.1 Å². The third-order valence-electron chi connectivity index (χ3n) is 5.37. The highest BCUT2D eigenvalue weighted by molar-refractivity contribution is 6.02. The fraction of sp³-hybridized carbons (Fsp3) is 0.421. The Morgan fingerprint density at radius 1 is 1.28 bits per heavy atom. The van der Waals surface area contributed by atoms with E-state index in [-0.39, 0.29) is 23.1 Å². The van der Waals surface area contributed by atoms with Crippen molar-refractivity contribution in [2.45, 2.75) is 25.3 Å². The Balaban J connectivity index is 1.54. The fourth-order valence-electron chi connectivity index (χ4n) is 3.87. The van der Waals surface area contributed by atoms with Gasteiger partial charge in [0, 0.05) is 44.6 Å². The van der Waals surface area contributed by atoms with Gasteiger partial charge in [0.05, 0.1) is 16.8 Å². The minimum Gasteiger partial charge on any atom is -0.374 e. The van der Waals surface area contributed by atoms with E-state index in [1.165, 1.54) is 12.1 Å². The number of nitrogens with one attached hydrogen (secondary N) is 1. The monoisotopic (exact) mass is 398 g/mol. The average molecular weight is 398 g/mol. The predicted octanol–water partition coefficient (Wildman–Crippen LogP) is 1.78. The van der Waals surface area contributed by atoms with Crippen LogP contribution in [0.3, 0.4) is 0 Å². The first-order valence-electron chi connectivity index (χ1n) is 9.58. The second-order valence-electron chi connectivity index (χ2n) is 7.34. The van der Waals surface area contributed by atoms with Crippen LogP contribution in [-0.4, -0.2) is 57.1 Å². The normalized spacial score (nSPS) is 19.1. The van der Waals surface area contributed by atoms with Gasteiger partial charge in [-0.25, -0.2) is 0 Å². The zero-order valence-electron chi connectivity index (χ0n) is 16.1. The minimum atomic E-state index is -0.544. The molecule has 1 unspecified atom stereocenters. The number of carbonyl (C=O) groups excluding carboxylic acids is 2. The molecule has 2 fully saturated rings. The largest absolute Gasteiger partial charge is 0.374 e. The number of nitrogens with zero attached hydrogens (tertiary/aromatic N) is 5. The van der Waals surface area contributed by atoms with Crippen LogP contribution in [0.5, 0.6) is 0 Å². The molecule has 1 N–H and O–H groups in total. The van der Waals surface area contributed by atoms with Crippen LogP contribution in [0.1, 0.15) is 29.6 Å². The molecule has 0 aliphatic carbocycles. The van der Waals surface area contributed by atoms with Gasteiger partial charge in [0.15, 0.2) is 0 Å². The van der Waals surface area contributed by atoms with E-state index in [9.17, 15) is 19.7 Å². The molecule has 152 valence electrons. The number of nitro groups is 1. The van der Waals surface area contributed by atoms with Gasteiger partial charge < -0.3 is 15.1 Å². The van der Waals surface area contributed by atoms with Crippen molar-refractivity contribution in [2.75, 3.05) is 29.9 Å². The molecular weight excluding hydrogens is 376 g/mol. The zero-order chi connectivity index (χ0) is 20.5. The van der Waals surface area contributed by atoms with Crippen LogP contribution in [0.2, 0.25) is 0 Å². The van der Waals surface area contributed by atoms with E-state index in [1.54, 1.807) is 40.0 Å². The number of likely N-dealkylation sites (tertiary alicyclic amines) is 1. The zero-order valence-corrected chi connectivity index (χ0v) is 16.1. The van der Waals surface area contributed by atoms with Gasteiger partial charge in [-0.05, 0) is 31.4 Å². The molecule has 10 nitrogen and oxygen atoms in total. The second-order valence-corrected chi connectivity index (χ2v) is 7.34. The number of amides is 2. The molecule has 2 saturated heterocycles. The number of benzene rings is 1. The maximum absolute atomic E-state index is 12.8. The van der Waals surface area contributed by atoms with E-state index >= 15 is 0 Å². The number of carbonyl (C=O) groups is 2. The van der Waals surface area contributed by atoms with Crippen LogP contribution >= 0.6 is 0 Å². The molecule has 29 heavy (non-hydrogen) atoms. The lowest BCUT2D eigenvalue weighted by atomic mass is 10.1. The Labute approximate surface area is 167 Å². The first-order chi connectivity index (χ1) is 13.9. The molecule has 2 aliphatic heterocycles. The van der Waals surface area contributed by atoms with Crippen LogP contribution < -0.4 is 10.2 Å². The minimum absolute atomic E-state index is 0.0523. The second kappa shape index (κ2) is 7.53. The van der Waals surface area contributed by atoms with Gasteiger partial charge in [0.25, 0.3) is 11.6 Å². The molecule has 1 atom stereocenters. The first kappa shape index (κ1) is 18.9. The third-order valence-corrected chi connectivity index (χ3v) is 5.37. The number of anilines is 2. The average Bonchev–Trinajstić information content (AvgIpc) is 3.44. The Morgan fingerprint density at radius 2 is 2.03 bits per heavy atom. The summed E-state index contributed by atoms with van der Waals surface area (Å²) in [5.41, 5.74) is 1.08. The third kappa shape index (κ3) is 3.65. The summed E-state index contributed by atoms with van der Waals surface area (Å²) in [6.07, 6.45) is 5.80. The first-order valence-corrected chi connectivity index (χ1v) is 9.58. The van der Waals surface area contributed by atoms with Gasteiger partial charge in [0.2, 0.25) is 5.91 Å². The molecular formula is C19H22N6O4. The lowest BCUT2D eigenvalue weighted by Crippen LogP contribution is -2.33. The highest BCUT2D eigenvalue weighted by atomic mass is 16.6. The van der Waals surface area contributed by atoms with Crippen LogP contribution in [-0.2, 0) is 11.8 Å². The van der Waals surface area contributed by atoms with Gasteiger partial charge in [-0.1, -0.05) is 0 Å². The molecule has 0 saturated carbocycles. The molecule has 1 aromatic heterocycles. The summed E-state index contributed by atoms with van der Waals surface area (Å²) in [7, 11) is 1.79. The van der Waals surface area contributed by atoms with Crippen LogP contribution in [0.15, 0.2) is 30.6 Å². The lowest BCUT2D eigenvalue weighted by Gasteiger charge is -2.18. The Kier molecular flexibility index (Phi) is 4.91. The van der Waals surface area contributed by atoms with Crippen molar-refractivity contribution in [1.82, 2.24) is 14.7 Å². The van der Waals surface area contributed by atoms with Gasteiger partial charge >= 0.3 is 0 Å². The number of rotatable bonds is 5. The van der Waals surface area contributed by atoms with Crippen molar-refractivity contribution in [2.24, 2.45) is 7.05 Å². The maximum atomic E-state index is 12.8. The molecule has 2 aromatic rings. The number of hydrogen-bond donors (Lipinski definition) is 1. The molecule has 2 amide bonds. The van der Waals surface area contributed by atoms with Gasteiger partial charge in [-0.15, -0.1) is 0 Å². The topological polar surface area (TPSA) is 114 Å². The summed E-state index contributed by atoms with van der Waals surface area (Å²) in [5.74, 6) is -0.434. The number of hydrogen-bond acceptors (Lipinski definition) is 6. The van der Waals surface area contributed by atoms with Crippen molar-refractivity contribution in [3.05, 3.63) is 46.3 Å². The summed E-state index contributed by atoms with van der Waals surface area (Å²) in [6, 6.07) is 3.88. The Hall–Kier alpha value is -3.43. The summed E-state index contributed by atoms with van der Waals surface area (Å²) in [6.45, 7) is 1.76. The Morgan fingerprint density at radius 3 is 2.69 bits per heavy atom.